The maximum Gasteiger partial charge on any atom is 0.226 e. The molecule has 2 unspecified atom stereocenters. The highest BCUT2D eigenvalue weighted by atomic mass is 35.5. The molecule has 0 aliphatic carbocycles. The number of likely N-dealkylation sites (tertiary alicyclic amines) is 1. The van der Waals surface area contributed by atoms with Gasteiger partial charge in [0.05, 0.1) is 32.5 Å². The summed E-state index contributed by atoms with van der Waals surface area (Å²) in [6.45, 7) is 5.59. The Balaban J connectivity index is 1.51. The van der Waals surface area contributed by atoms with E-state index < -0.39 is 0 Å². The van der Waals surface area contributed by atoms with Crippen molar-refractivity contribution in [2.24, 2.45) is 7.05 Å². The third-order valence-corrected chi connectivity index (χ3v) is 5.60. The van der Waals surface area contributed by atoms with E-state index in [9.17, 15) is 0 Å². The smallest absolute Gasteiger partial charge is 0.226 e. The van der Waals surface area contributed by atoms with Gasteiger partial charge >= 0.3 is 0 Å². The monoisotopic (exact) mass is 364 g/mol. The average molecular weight is 365 g/mol. The molecule has 2 bridgehead atoms. The summed E-state index contributed by atoms with van der Waals surface area (Å²) in [5, 5.41) is 0.261. The maximum atomic E-state index is 6.20. The van der Waals surface area contributed by atoms with Gasteiger partial charge < -0.3 is 18.9 Å². The molecular formula is C16H21ClN6O2. The van der Waals surface area contributed by atoms with Gasteiger partial charge in [-0.05, 0) is 18.0 Å². The van der Waals surface area contributed by atoms with Crippen molar-refractivity contribution in [1.82, 2.24) is 24.4 Å². The van der Waals surface area contributed by atoms with E-state index in [1.807, 2.05) is 11.6 Å². The standard InChI is InChI=1S/C16H21ClN6O2/c1-21-12(8-23-7-11-6-10(23)9-25-11)18-13-14(21)19-16(17)20-15(13)22-2-4-24-5-3-22/h10-11H,2-9H2,1H3. The Morgan fingerprint density at radius 1 is 1.20 bits per heavy atom. The Labute approximate surface area is 150 Å². The third-order valence-electron chi connectivity index (χ3n) is 5.43. The highest BCUT2D eigenvalue weighted by Crippen LogP contribution is 2.31. The first kappa shape index (κ1) is 15.7. The number of nitrogens with zero attached hydrogens (tertiary/aromatic N) is 6. The van der Waals surface area contributed by atoms with Crippen LogP contribution in [0.1, 0.15) is 12.2 Å². The van der Waals surface area contributed by atoms with Gasteiger partial charge in [-0.2, -0.15) is 9.97 Å². The molecule has 134 valence electrons. The third kappa shape index (κ3) is 2.68. The van der Waals surface area contributed by atoms with Crippen molar-refractivity contribution in [3.8, 4) is 0 Å². The fraction of sp³-hybridized carbons (Fsp3) is 0.688. The van der Waals surface area contributed by atoms with Crippen LogP contribution in [0.15, 0.2) is 0 Å². The van der Waals surface area contributed by atoms with Crippen LogP contribution in [0.5, 0.6) is 0 Å². The summed E-state index contributed by atoms with van der Waals surface area (Å²) in [5.41, 5.74) is 1.61. The van der Waals surface area contributed by atoms with Gasteiger partial charge in [0, 0.05) is 32.7 Å². The van der Waals surface area contributed by atoms with Crippen molar-refractivity contribution < 1.29 is 9.47 Å². The summed E-state index contributed by atoms with van der Waals surface area (Å²) < 4.78 is 13.2. The largest absolute Gasteiger partial charge is 0.378 e. The van der Waals surface area contributed by atoms with Crippen LogP contribution in [0.25, 0.3) is 11.2 Å². The van der Waals surface area contributed by atoms with E-state index >= 15 is 0 Å². The number of anilines is 1. The lowest BCUT2D eigenvalue weighted by molar-refractivity contribution is 0.0260. The highest BCUT2D eigenvalue weighted by molar-refractivity contribution is 6.28. The molecule has 9 heteroatoms. The van der Waals surface area contributed by atoms with Gasteiger partial charge in [0.1, 0.15) is 5.82 Å². The van der Waals surface area contributed by atoms with Gasteiger partial charge in [-0.1, -0.05) is 0 Å². The highest BCUT2D eigenvalue weighted by Gasteiger charge is 2.39. The zero-order valence-corrected chi connectivity index (χ0v) is 14.9. The zero-order valence-electron chi connectivity index (χ0n) is 14.2. The quantitative estimate of drug-likeness (QED) is 0.747. The molecule has 0 saturated carbocycles. The minimum Gasteiger partial charge on any atom is -0.378 e. The van der Waals surface area contributed by atoms with Gasteiger partial charge in [-0.15, -0.1) is 0 Å². The lowest BCUT2D eigenvalue weighted by Crippen LogP contribution is -2.37. The van der Waals surface area contributed by atoms with Crippen LogP contribution < -0.4 is 4.90 Å². The average Bonchev–Trinajstić information content (AvgIpc) is 3.32. The summed E-state index contributed by atoms with van der Waals surface area (Å²) in [5.74, 6) is 1.81. The van der Waals surface area contributed by atoms with E-state index in [0.29, 0.717) is 25.4 Å². The molecule has 25 heavy (non-hydrogen) atoms. The van der Waals surface area contributed by atoms with Crippen LogP contribution in [0, 0.1) is 0 Å². The molecule has 0 N–H and O–H groups in total. The van der Waals surface area contributed by atoms with Gasteiger partial charge in [0.25, 0.3) is 0 Å². The van der Waals surface area contributed by atoms with E-state index in [1.54, 1.807) is 0 Å². The summed E-state index contributed by atoms with van der Waals surface area (Å²) in [6, 6.07) is 0.512. The number of ether oxygens (including phenoxy) is 2. The molecule has 5 rings (SSSR count). The normalized spacial score (nSPS) is 26.9. The van der Waals surface area contributed by atoms with Crippen molar-refractivity contribution in [3.05, 3.63) is 11.1 Å². The first-order chi connectivity index (χ1) is 12.2. The number of imidazole rings is 1. The van der Waals surface area contributed by atoms with Gasteiger partial charge in [0.2, 0.25) is 5.28 Å². The fourth-order valence-electron chi connectivity index (χ4n) is 4.06. The molecule has 3 aliphatic heterocycles. The van der Waals surface area contributed by atoms with Crippen molar-refractivity contribution in [3.63, 3.8) is 0 Å². The second-order valence-electron chi connectivity index (χ2n) is 6.95. The second kappa shape index (κ2) is 6.05. The Bertz CT molecular complexity index is 806. The number of aryl methyl sites for hydroxylation is 1. The van der Waals surface area contributed by atoms with E-state index in [2.05, 4.69) is 19.8 Å². The summed E-state index contributed by atoms with van der Waals surface area (Å²) in [4.78, 5) is 18.4. The molecule has 3 saturated heterocycles. The summed E-state index contributed by atoms with van der Waals surface area (Å²) in [7, 11) is 2.00. The summed E-state index contributed by atoms with van der Waals surface area (Å²) in [6.07, 6.45) is 1.52. The minimum absolute atomic E-state index is 0.261. The zero-order chi connectivity index (χ0) is 17.0. The molecule has 2 aromatic rings. The van der Waals surface area contributed by atoms with Gasteiger partial charge in [-0.25, -0.2) is 4.98 Å². The molecule has 0 amide bonds. The van der Waals surface area contributed by atoms with E-state index in [1.165, 1.54) is 0 Å². The maximum absolute atomic E-state index is 6.20. The molecular weight excluding hydrogens is 344 g/mol. The first-order valence-corrected chi connectivity index (χ1v) is 9.14. The molecule has 0 aromatic carbocycles. The summed E-state index contributed by atoms with van der Waals surface area (Å²) >= 11 is 6.20. The first-order valence-electron chi connectivity index (χ1n) is 8.76. The van der Waals surface area contributed by atoms with Crippen molar-refractivity contribution in [2.75, 3.05) is 44.4 Å². The van der Waals surface area contributed by atoms with Gasteiger partial charge in [0.15, 0.2) is 17.0 Å². The Kier molecular flexibility index (Phi) is 3.81. The van der Waals surface area contributed by atoms with Crippen molar-refractivity contribution in [2.45, 2.75) is 25.1 Å². The van der Waals surface area contributed by atoms with Crippen molar-refractivity contribution >= 4 is 28.6 Å². The number of morpholine rings is 2. The Hall–Kier alpha value is -1.48. The van der Waals surface area contributed by atoms with Crippen LogP contribution in [-0.2, 0) is 23.1 Å². The van der Waals surface area contributed by atoms with Gasteiger partial charge in [-0.3, -0.25) is 4.90 Å². The van der Waals surface area contributed by atoms with Crippen LogP contribution in [0.4, 0.5) is 5.82 Å². The van der Waals surface area contributed by atoms with Crippen LogP contribution in [0.3, 0.4) is 0 Å². The fourth-order valence-corrected chi connectivity index (χ4v) is 4.22. The molecule has 3 fully saturated rings. The molecule has 5 heterocycles. The topological polar surface area (TPSA) is 68.5 Å². The minimum atomic E-state index is 0.261. The second-order valence-corrected chi connectivity index (χ2v) is 7.29. The van der Waals surface area contributed by atoms with Crippen LogP contribution in [0.2, 0.25) is 5.28 Å². The number of hydrogen-bond acceptors (Lipinski definition) is 7. The Morgan fingerprint density at radius 2 is 2.04 bits per heavy atom. The number of fused-ring (bicyclic) bond motifs is 3. The van der Waals surface area contributed by atoms with E-state index in [4.69, 9.17) is 26.1 Å². The molecule has 0 radical (unpaired) electrons. The number of rotatable bonds is 3. The predicted octanol–water partition coefficient (Wildman–Crippen LogP) is 0.826. The lowest BCUT2D eigenvalue weighted by atomic mass is 10.2. The SMILES string of the molecule is Cn1c(CN2CC3CC2CO3)nc2c(N3CCOCC3)nc(Cl)nc21. The molecule has 8 nitrogen and oxygen atoms in total. The number of hydrogen-bond donors (Lipinski definition) is 0. The van der Waals surface area contributed by atoms with Crippen LogP contribution in [-0.4, -0.2) is 76.0 Å². The predicted molar refractivity (Wildman–Crippen MR) is 92.9 cm³/mol. The Morgan fingerprint density at radius 3 is 2.76 bits per heavy atom. The number of aromatic nitrogens is 4. The molecule has 2 atom stereocenters. The van der Waals surface area contributed by atoms with E-state index in [0.717, 1.165) is 62.0 Å². The van der Waals surface area contributed by atoms with Crippen molar-refractivity contribution in [1.29, 1.82) is 0 Å². The van der Waals surface area contributed by atoms with E-state index in [-0.39, 0.29) is 5.28 Å². The molecule has 2 aromatic heterocycles. The lowest BCUT2D eigenvalue weighted by Gasteiger charge is -2.27. The van der Waals surface area contributed by atoms with Crippen LogP contribution >= 0.6 is 11.6 Å². The number of halogens is 1. The molecule has 3 aliphatic rings. The molecule has 0 spiro atoms.